The Morgan fingerprint density at radius 3 is 2.62 bits per heavy atom. The molecule has 3 rings (SSSR count). The summed E-state index contributed by atoms with van der Waals surface area (Å²) in [6.45, 7) is 3.98. The quantitative estimate of drug-likeness (QED) is 0.599. The molecule has 1 aromatic heterocycles. The highest BCUT2D eigenvalue weighted by atomic mass is 32.1. The van der Waals surface area contributed by atoms with Crippen LogP contribution in [0, 0.1) is 5.82 Å². The monoisotopic (exact) mass is 374 g/mol. The van der Waals surface area contributed by atoms with Gasteiger partial charge in [-0.2, -0.15) is 0 Å². The molecule has 2 heterocycles. The Kier molecular flexibility index (Phi) is 6.74. The summed E-state index contributed by atoms with van der Waals surface area (Å²) in [5.74, 6) is 0.752. The molecule has 0 saturated carbocycles. The number of thiocarbonyl (C=S) groups is 1. The van der Waals surface area contributed by atoms with E-state index in [-0.39, 0.29) is 5.82 Å². The van der Waals surface area contributed by atoms with Crippen molar-refractivity contribution in [1.29, 1.82) is 0 Å². The summed E-state index contributed by atoms with van der Waals surface area (Å²) in [4.78, 5) is 6.70. The highest BCUT2D eigenvalue weighted by Gasteiger charge is 2.12. The lowest BCUT2D eigenvalue weighted by atomic mass is 10.1. The van der Waals surface area contributed by atoms with Crippen LogP contribution in [-0.2, 0) is 11.2 Å². The number of aryl methyl sites for hydroxylation is 1. The minimum absolute atomic E-state index is 0.203. The van der Waals surface area contributed by atoms with Gasteiger partial charge in [-0.15, -0.1) is 0 Å². The number of nitrogens with zero attached hydrogens (tertiary/aromatic N) is 2. The first-order chi connectivity index (χ1) is 12.7. The van der Waals surface area contributed by atoms with Crippen LogP contribution in [0.15, 0.2) is 42.6 Å². The molecule has 0 spiro atoms. The maximum atomic E-state index is 12.9. The average molecular weight is 374 g/mol. The molecule has 1 fully saturated rings. The topological polar surface area (TPSA) is 49.4 Å². The van der Waals surface area contributed by atoms with Gasteiger partial charge in [0, 0.05) is 19.6 Å². The fourth-order valence-electron chi connectivity index (χ4n) is 2.76. The second kappa shape index (κ2) is 9.45. The van der Waals surface area contributed by atoms with Crippen molar-refractivity contribution >= 4 is 28.8 Å². The van der Waals surface area contributed by atoms with E-state index in [4.69, 9.17) is 17.0 Å². The highest BCUT2D eigenvalue weighted by Crippen LogP contribution is 2.15. The number of aromatic nitrogens is 1. The van der Waals surface area contributed by atoms with E-state index in [1.165, 1.54) is 12.1 Å². The number of rotatable bonds is 6. The molecule has 0 aliphatic carbocycles. The number of ether oxygens (including phenoxy) is 1. The highest BCUT2D eigenvalue weighted by molar-refractivity contribution is 7.80. The Morgan fingerprint density at radius 2 is 1.92 bits per heavy atom. The molecule has 0 radical (unpaired) electrons. The van der Waals surface area contributed by atoms with Crippen LogP contribution >= 0.6 is 12.2 Å². The van der Waals surface area contributed by atoms with Gasteiger partial charge >= 0.3 is 0 Å². The van der Waals surface area contributed by atoms with Crippen LogP contribution in [0.1, 0.15) is 12.0 Å². The molecule has 7 heteroatoms. The van der Waals surface area contributed by atoms with Gasteiger partial charge in [0.2, 0.25) is 0 Å². The lowest BCUT2D eigenvalue weighted by Crippen LogP contribution is -2.36. The molecule has 2 N–H and O–H groups in total. The van der Waals surface area contributed by atoms with Gasteiger partial charge in [0.25, 0.3) is 0 Å². The van der Waals surface area contributed by atoms with Crippen LogP contribution in [0.25, 0.3) is 0 Å². The molecule has 26 heavy (non-hydrogen) atoms. The first kappa shape index (κ1) is 18.5. The number of morpholine rings is 1. The summed E-state index contributed by atoms with van der Waals surface area (Å²) in [6.07, 6.45) is 3.59. The zero-order valence-corrected chi connectivity index (χ0v) is 15.4. The standard InChI is InChI=1S/C19H23FN4OS/c20-16-5-3-15(4-6-16)2-1-9-21-19(26)23-17-7-8-18(22-14-17)24-10-12-25-13-11-24/h3-8,14H,1-2,9-13H2,(H2,21,23,26). The van der Waals surface area contributed by atoms with E-state index in [1.807, 2.05) is 24.3 Å². The van der Waals surface area contributed by atoms with Crippen molar-refractivity contribution in [3.63, 3.8) is 0 Å². The molecule has 0 bridgehead atoms. The fourth-order valence-corrected chi connectivity index (χ4v) is 2.98. The van der Waals surface area contributed by atoms with Crippen LogP contribution in [0.3, 0.4) is 0 Å². The predicted molar refractivity (Wildman–Crippen MR) is 106 cm³/mol. The number of halogens is 1. The molecule has 1 aliphatic rings. The normalized spacial score (nSPS) is 14.1. The van der Waals surface area contributed by atoms with E-state index in [0.717, 1.165) is 62.8 Å². The first-order valence-corrected chi connectivity index (χ1v) is 9.19. The molecule has 0 atom stereocenters. The first-order valence-electron chi connectivity index (χ1n) is 8.79. The fraction of sp³-hybridized carbons (Fsp3) is 0.368. The van der Waals surface area contributed by atoms with E-state index < -0.39 is 0 Å². The van der Waals surface area contributed by atoms with E-state index in [1.54, 1.807) is 6.20 Å². The van der Waals surface area contributed by atoms with Gasteiger partial charge in [0.15, 0.2) is 5.11 Å². The Balaban J connectivity index is 1.38. The zero-order chi connectivity index (χ0) is 18.2. The third-order valence-corrected chi connectivity index (χ3v) is 4.43. The van der Waals surface area contributed by atoms with E-state index >= 15 is 0 Å². The summed E-state index contributed by atoms with van der Waals surface area (Å²) in [5.41, 5.74) is 1.98. The van der Waals surface area contributed by atoms with Crippen LogP contribution < -0.4 is 15.5 Å². The molecule has 1 aliphatic heterocycles. The molecule has 138 valence electrons. The average Bonchev–Trinajstić information content (AvgIpc) is 2.68. The minimum Gasteiger partial charge on any atom is -0.378 e. The van der Waals surface area contributed by atoms with Crippen LogP contribution in [0.5, 0.6) is 0 Å². The number of benzene rings is 1. The molecule has 2 aromatic rings. The van der Waals surface area contributed by atoms with E-state index in [2.05, 4.69) is 20.5 Å². The zero-order valence-electron chi connectivity index (χ0n) is 14.6. The minimum atomic E-state index is -0.203. The second-order valence-corrected chi connectivity index (χ2v) is 6.52. The Morgan fingerprint density at radius 1 is 1.15 bits per heavy atom. The Bertz CT molecular complexity index is 702. The molecule has 1 aromatic carbocycles. The van der Waals surface area contributed by atoms with Gasteiger partial charge in [-0.25, -0.2) is 9.37 Å². The van der Waals surface area contributed by atoms with Crippen molar-refractivity contribution in [3.05, 3.63) is 54.0 Å². The van der Waals surface area contributed by atoms with E-state index in [9.17, 15) is 4.39 Å². The third-order valence-electron chi connectivity index (χ3n) is 4.18. The third kappa shape index (κ3) is 5.64. The SMILES string of the molecule is Fc1ccc(CCCNC(=S)Nc2ccc(N3CCOCC3)nc2)cc1. The van der Waals surface area contributed by atoms with Crippen LogP contribution in [0.4, 0.5) is 15.9 Å². The van der Waals surface area contributed by atoms with Crippen LogP contribution in [0.2, 0.25) is 0 Å². The number of pyridine rings is 1. The smallest absolute Gasteiger partial charge is 0.170 e. The number of nitrogens with one attached hydrogen (secondary N) is 2. The Labute approximate surface area is 158 Å². The van der Waals surface area contributed by atoms with Crippen molar-refractivity contribution in [2.24, 2.45) is 0 Å². The number of hydrogen-bond acceptors (Lipinski definition) is 4. The van der Waals surface area contributed by atoms with E-state index in [0.29, 0.717) is 5.11 Å². The van der Waals surface area contributed by atoms with Crippen molar-refractivity contribution in [2.45, 2.75) is 12.8 Å². The largest absolute Gasteiger partial charge is 0.378 e. The lowest BCUT2D eigenvalue weighted by molar-refractivity contribution is 0.122. The summed E-state index contributed by atoms with van der Waals surface area (Å²) >= 11 is 5.31. The Hall–Kier alpha value is -2.25. The van der Waals surface area contributed by atoms with Crippen molar-refractivity contribution in [1.82, 2.24) is 10.3 Å². The van der Waals surface area contributed by atoms with Crippen molar-refractivity contribution in [2.75, 3.05) is 43.1 Å². The summed E-state index contributed by atoms with van der Waals surface area (Å²) in [6, 6.07) is 10.6. The number of hydrogen-bond donors (Lipinski definition) is 2. The molecular weight excluding hydrogens is 351 g/mol. The maximum absolute atomic E-state index is 12.9. The van der Waals surface area contributed by atoms with Crippen molar-refractivity contribution < 1.29 is 9.13 Å². The lowest BCUT2D eigenvalue weighted by Gasteiger charge is -2.27. The van der Waals surface area contributed by atoms with Crippen LogP contribution in [-0.4, -0.2) is 42.9 Å². The molecule has 0 amide bonds. The maximum Gasteiger partial charge on any atom is 0.170 e. The van der Waals surface area contributed by atoms with Gasteiger partial charge in [0.1, 0.15) is 11.6 Å². The van der Waals surface area contributed by atoms with Gasteiger partial charge in [-0.1, -0.05) is 12.1 Å². The summed E-state index contributed by atoms with van der Waals surface area (Å²) in [7, 11) is 0. The predicted octanol–water partition coefficient (Wildman–Crippen LogP) is 2.98. The van der Waals surface area contributed by atoms with Gasteiger partial charge in [-0.05, 0) is 54.9 Å². The van der Waals surface area contributed by atoms with Crippen molar-refractivity contribution in [3.8, 4) is 0 Å². The second-order valence-electron chi connectivity index (χ2n) is 6.12. The van der Waals surface area contributed by atoms with Gasteiger partial charge < -0.3 is 20.3 Å². The molecular formula is C19H23FN4OS. The summed E-state index contributed by atoms with van der Waals surface area (Å²) < 4.78 is 18.2. The number of anilines is 2. The van der Waals surface area contributed by atoms with Gasteiger partial charge in [0.05, 0.1) is 25.1 Å². The molecule has 1 saturated heterocycles. The van der Waals surface area contributed by atoms with Gasteiger partial charge in [-0.3, -0.25) is 0 Å². The molecule has 5 nitrogen and oxygen atoms in total. The summed E-state index contributed by atoms with van der Waals surface area (Å²) in [5, 5.41) is 6.90. The molecule has 0 unspecified atom stereocenters.